The van der Waals surface area contributed by atoms with E-state index in [-0.39, 0.29) is 5.60 Å². The third-order valence-corrected chi connectivity index (χ3v) is 2.35. The van der Waals surface area contributed by atoms with Crippen LogP contribution in [-0.2, 0) is 4.74 Å². The van der Waals surface area contributed by atoms with Crippen molar-refractivity contribution in [3.8, 4) is 0 Å². The summed E-state index contributed by atoms with van der Waals surface area (Å²) >= 11 is 0. The Morgan fingerprint density at radius 1 is 1.55 bits per heavy atom. The first kappa shape index (κ1) is 9.01. The van der Waals surface area contributed by atoms with Gasteiger partial charge in [-0.2, -0.15) is 0 Å². The first-order chi connectivity index (χ1) is 5.08. The Bertz CT molecular complexity index is 132. The Morgan fingerprint density at radius 3 is 2.36 bits per heavy atom. The van der Waals surface area contributed by atoms with Gasteiger partial charge in [0.25, 0.3) is 0 Å². The molecule has 0 amide bonds. The first-order valence-electron chi connectivity index (χ1n) is 4.46. The highest BCUT2D eigenvalue weighted by atomic mass is 16.5. The molecule has 0 spiro atoms. The molecule has 0 radical (unpaired) electrons. The zero-order valence-corrected chi connectivity index (χ0v) is 7.76. The lowest BCUT2D eigenvalue weighted by molar-refractivity contribution is -0.0759. The quantitative estimate of drug-likeness (QED) is 0.672. The van der Waals surface area contributed by atoms with Gasteiger partial charge in [-0.3, -0.25) is 0 Å². The molecule has 1 aliphatic rings. The third-order valence-electron chi connectivity index (χ3n) is 2.35. The lowest BCUT2D eigenvalue weighted by Gasteiger charge is -2.30. The van der Waals surface area contributed by atoms with Crippen molar-refractivity contribution in [1.82, 2.24) is 0 Å². The van der Waals surface area contributed by atoms with Crippen LogP contribution in [-0.4, -0.2) is 18.2 Å². The van der Waals surface area contributed by atoms with Crippen LogP contribution in [0.1, 0.15) is 33.6 Å². The van der Waals surface area contributed by atoms with E-state index >= 15 is 0 Å². The Labute approximate surface area is 69.1 Å². The van der Waals surface area contributed by atoms with Gasteiger partial charge in [-0.15, -0.1) is 0 Å². The molecule has 11 heavy (non-hydrogen) atoms. The standard InChI is InChI=1S/C9H19NO/c1-7(2)11-9(3,6-10)8-4-5-8/h7-8H,4-6,10H2,1-3H3/t9-/m1/s1. The summed E-state index contributed by atoms with van der Waals surface area (Å²) in [5.41, 5.74) is 5.62. The van der Waals surface area contributed by atoms with E-state index in [1.807, 2.05) is 0 Å². The highest BCUT2D eigenvalue weighted by Gasteiger charge is 2.41. The highest BCUT2D eigenvalue weighted by molar-refractivity contribution is 4.93. The molecule has 2 N–H and O–H groups in total. The molecule has 1 atom stereocenters. The molecule has 0 unspecified atom stereocenters. The highest BCUT2D eigenvalue weighted by Crippen LogP contribution is 2.41. The molecule has 1 fully saturated rings. The molecule has 1 aliphatic carbocycles. The van der Waals surface area contributed by atoms with E-state index in [0.717, 1.165) is 5.92 Å². The van der Waals surface area contributed by atoms with Crippen LogP contribution in [0.5, 0.6) is 0 Å². The number of nitrogens with two attached hydrogens (primary N) is 1. The average molecular weight is 157 g/mol. The van der Waals surface area contributed by atoms with E-state index in [2.05, 4.69) is 20.8 Å². The lowest BCUT2D eigenvalue weighted by Crippen LogP contribution is -2.41. The molecule has 0 aromatic rings. The maximum absolute atomic E-state index is 5.79. The van der Waals surface area contributed by atoms with Gasteiger partial charge in [-0.25, -0.2) is 0 Å². The molecule has 0 saturated heterocycles. The summed E-state index contributed by atoms with van der Waals surface area (Å²) in [5.74, 6) is 0.717. The summed E-state index contributed by atoms with van der Waals surface area (Å²) in [5, 5.41) is 0. The van der Waals surface area contributed by atoms with E-state index in [9.17, 15) is 0 Å². The van der Waals surface area contributed by atoms with Crippen LogP contribution in [0.15, 0.2) is 0 Å². The summed E-state index contributed by atoms with van der Waals surface area (Å²) in [6.07, 6.45) is 2.88. The van der Waals surface area contributed by atoms with Crippen LogP contribution in [0.2, 0.25) is 0 Å². The van der Waals surface area contributed by atoms with Gasteiger partial charge in [-0.1, -0.05) is 0 Å². The SMILES string of the molecule is CC(C)O[C@](C)(CN)C1CC1. The maximum Gasteiger partial charge on any atom is 0.0807 e. The molecule has 1 saturated carbocycles. The fourth-order valence-corrected chi connectivity index (χ4v) is 1.54. The van der Waals surface area contributed by atoms with E-state index in [0.29, 0.717) is 12.6 Å². The molecule has 0 heterocycles. The zero-order valence-electron chi connectivity index (χ0n) is 7.76. The van der Waals surface area contributed by atoms with Crippen molar-refractivity contribution < 1.29 is 4.74 Å². The minimum Gasteiger partial charge on any atom is -0.371 e. The van der Waals surface area contributed by atoms with Crippen molar-refractivity contribution in [1.29, 1.82) is 0 Å². The van der Waals surface area contributed by atoms with E-state index in [4.69, 9.17) is 10.5 Å². The number of rotatable bonds is 4. The normalized spacial score (nSPS) is 23.7. The van der Waals surface area contributed by atoms with Gasteiger partial charge >= 0.3 is 0 Å². The van der Waals surface area contributed by atoms with Gasteiger partial charge in [0.05, 0.1) is 11.7 Å². The van der Waals surface area contributed by atoms with Crippen LogP contribution in [0.25, 0.3) is 0 Å². The van der Waals surface area contributed by atoms with Gasteiger partial charge in [0.1, 0.15) is 0 Å². The van der Waals surface area contributed by atoms with E-state index in [1.54, 1.807) is 0 Å². The predicted molar refractivity (Wildman–Crippen MR) is 46.4 cm³/mol. The van der Waals surface area contributed by atoms with Crippen molar-refractivity contribution in [2.24, 2.45) is 11.7 Å². The Balaban J connectivity index is 2.44. The smallest absolute Gasteiger partial charge is 0.0807 e. The van der Waals surface area contributed by atoms with Crippen molar-refractivity contribution in [3.05, 3.63) is 0 Å². The minimum absolute atomic E-state index is 0.0475. The van der Waals surface area contributed by atoms with Crippen LogP contribution in [0.4, 0.5) is 0 Å². The lowest BCUT2D eigenvalue weighted by atomic mass is 10.0. The molecule has 0 aromatic carbocycles. The second-order valence-electron chi connectivity index (χ2n) is 3.96. The van der Waals surface area contributed by atoms with Crippen LogP contribution in [0.3, 0.4) is 0 Å². The Kier molecular flexibility index (Phi) is 2.55. The second-order valence-corrected chi connectivity index (χ2v) is 3.96. The monoisotopic (exact) mass is 157 g/mol. The van der Waals surface area contributed by atoms with Crippen LogP contribution in [0, 0.1) is 5.92 Å². The number of ether oxygens (including phenoxy) is 1. The minimum atomic E-state index is -0.0475. The fraction of sp³-hybridized carbons (Fsp3) is 1.00. The van der Waals surface area contributed by atoms with Gasteiger partial charge < -0.3 is 10.5 Å². The topological polar surface area (TPSA) is 35.2 Å². The van der Waals surface area contributed by atoms with Gasteiger partial charge in [0.2, 0.25) is 0 Å². The first-order valence-corrected chi connectivity index (χ1v) is 4.46. The fourth-order valence-electron chi connectivity index (χ4n) is 1.54. The molecular formula is C9H19NO. The second kappa shape index (κ2) is 3.11. The largest absolute Gasteiger partial charge is 0.371 e. The predicted octanol–water partition coefficient (Wildman–Crippen LogP) is 1.54. The molecule has 0 bridgehead atoms. The third kappa shape index (κ3) is 2.17. The Morgan fingerprint density at radius 2 is 2.09 bits per heavy atom. The summed E-state index contributed by atoms with van der Waals surface area (Å²) < 4.78 is 5.79. The average Bonchev–Trinajstić information content (AvgIpc) is 2.66. The van der Waals surface area contributed by atoms with E-state index < -0.39 is 0 Å². The summed E-state index contributed by atoms with van der Waals surface area (Å²) in [7, 11) is 0. The van der Waals surface area contributed by atoms with Gasteiger partial charge in [0, 0.05) is 6.54 Å². The van der Waals surface area contributed by atoms with Crippen molar-refractivity contribution >= 4 is 0 Å². The molecule has 2 heteroatoms. The van der Waals surface area contributed by atoms with Gasteiger partial charge in [0.15, 0.2) is 0 Å². The molecule has 1 rings (SSSR count). The van der Waals surface area contributed by atoms with Crippen molar-refractivity contribution in [2.75, 3.05) is 6.54 Å². The van der Waals surface area contributed by atoms with Crippen LogP contribution < -0.4 is 5.73 Å². The van der Waals surface area contributed by atoms with Crippen molar-refractivity contribution in [3.63, 3.8) is 0 Å². The summed E-state index contributed by atoms with van der Waals surface area (Å²) in [6.45, 7) is 6.91. The molecule has 66 valence electrons. The van der Waals surface area contributed by atoms with Gasteiger partial charge in [-0.05, 0) is 39.5 Å². The molecule has 0 aromatic heterocycles. The molecular weight excluding hydrogens is 138 g/mol. The zero-order chi connectivity index (χ0) is 8.48. The number of hydrogen-bond acceptors (Lipinski definition) is 2. The van der Waals surface area contributed by atoms with Crippen LogP contribution >= 0.6 is 0 Å². The maximum atomic E-state index is 5.79. The molecule has 2 nitrogen and oxygen atoms in total. The van der Waals surface area contributed by atoms with E-state index in [1.165, 1.54) is 12.8 Å². The Hall–Kier alpha value is -0.0800. The molecule has 0 aliphatic heterocycles. The number of hydrogen-bond donors (Lipinski definition) is 1. The summed E-state index contributed by atoms with van der Waals surface area (Å²) in [6, 6.07) is 0. The summed E-state index contributed by atoms with van der Waals surface area (Å²) in [4.78, 5) is 0. The van der Waals surface area contributed by atoms with Crippen molar-refractivity contribution in [2.45, 2.75) is 45.3 Å².